The average molecular weight is 406 g/mol. The third-order valence-electron chi connectivity index (χ3n) is 4.22. The maximum Gasteiger partial charge on any atom is 0.222 e. The molecule has 1 atom stereocenters. The molecule has 1 aliphatic heterocycles. The Morgan fingerprint density at radius 2 is 2.26 bits per heavy atom. The van der Waals surface area contributed by atoms with Crippen LogP contribution in [0.25, 0.3) is 0 Å². The molecular formula is C17H26BrClN2O2. The second-order valence-corrected chi connectivity index (χ2v) is 6.78. The number of methoxy groups -OCH3 is 1. The number of amides is 1. The summed E-state index contributed by atoms with van der Waals surface area (Å²) in [5, 5.41) is 3.22. The van der Waals surface area contributed by atoms with E-state index in [1.807, 2.05) is 30.1 Å². The summed E-state index contributed by atoms with van der Waals surface area (Å²) in [6, 6.07) is 5.93. The highest BCUT2D eigenvalue weighted by Crippen LogP contribution is 2.25. The van der Waals surface area contributed by atoms with Gasteiger partial charge >= 0.3 is 0 Å². The molecule has 130 valence electrons. The number of likely N-dealkylation sites (tertiary alicyclic amines) is 1. The Kier molecular flexibility index (Phi) is 8.95. The maximum absolute atomic E-state index is 12.5. The normalized spacial score (nSPS) is 17.5. The predicted molar refractivity (Wildman–Crippen MR) is 99.5 cm³/mol. The van der Waals surface area contributed by atoms with Crippen molar-refractivity contribution in [2.75, 3.05) is 33.8 Å². The van der Waals surface area contributed by atoms with Crippen LogP contribution in [0.1, 0.15) is 24.8 Å². The van der Waals surface area contributed by atoms with Crippen LogP contribution in [0.5, 0.6) is 5.75 Å². The average Bonchev–Trinajstić information content (AvgIpc) is 2.53. The second kappa shape index (κ2) is 10.2. The van der Waals surface area contributed by atoms with Crippen molar-refractivity contribution in [2.24, 2.45) is 5.92 Å². The number of benzene rings is 1. The van der Waals surface area contributed by atoms with Gasteiger partial charge in [0.25, 0.3) is 0 Å². The Morgan fingerprint density at radius 3 is 2.96 bits per heavy atom. The van der Waals surface area contributed by atoms with E-state index in [4.69, 9.17) is 4.74 Å². The number of carbonyl (C=O) groups excluding carboxylic acids is 1. The minimum atomic E-state index is 0. The van der Waals surface area contributed by atoms with Gasteiger partial charge in [0.05, 0.1) is 7.11 Å². The monoisotopic (exact) mass is 404 g/mol. The number of nitrogens with one attached hydrogen (secondary N) is 1. The van der Waals surface area contributed by atoms with Crippen molar-refractivity contribution in [1.29, 1.82) is 0 Å². The Labute approximate surface area is 153 Å². The van der Waals surface area contributed by atoms with E-state index in [0.717, 1.165) is 41.8 Å². The molecule has 1 aromatic carbocycles. The van der Waals surface area contributed by atoms with Gasteiger partial charge in [-0.25, -0.2) is 0 Å². The standard InChI is InChI=1S/C17H25BrN2O2.ClH/c1-19-11-13-4-3-9-20(12-13)17(21)8-5-14-10-15(18)6-7-16(14)22-2;/h6-7,10,13,19H,3-5,8-9,11-12H2,1-2H3;1H. The van der Waals surface area contributed by atoms with Crippen molar-refractivity contribution in [3.63, 3.8) is 0 Å². The van der Waals surface area contributed by atoms with E-state index in [9.17, 15) is 4.79 Å². The summed E-state index contributed by atoms with van der Waals surface area (Å²) >= 11 is 3.48. The number of halogens is 2. The summed E-state index contributed by atoms with van der Waals surface area (Å²) in [4.78, 5) is 14.5. The topological polar surface area (TPSA) is 41.6 Å². The molecule has 6 heteroatoms. The summed E-state index contributed by atoms with van der Waals surface area (Å²) in [7, 11) is 3.64. The van der Waals surface area contributed by atoms with Crippen LogP contribution >= 0.6 is 28.3 Å². The minimum Gasteiger partial charge on any atom is -0.496 e. The first-order valence-corrected chi connectivity index (χ1v) is 8.68. The van der Waals surface area contributed by atoms with Gasteiger partial charge in [-0.3, -0.25) is 4.79 Å². The van der Waals surface area contributed by atoms with Gasteiger partial charge in [0.2, 0.25) is 5.91 Å². The molecule has 0 aliphatic carbocycles. The highest BCUT2D eigenvalue weighted by Gasteiger charge is 2.23. The summed E-state index contributed by atoms with van der Waals surface area (Å²) < 4.78 is 6.39. The molecule has 0 saturated carbocycles. The molecule has 1 aliphatic rings. The van der Waals surface area contributed by atoms with E-state index in [1.165, 1.54) is 6.42 Å². The van der Waals surface area contributed by atoms with Crippen LogP contribution in [0.15, 0.2) is 22.7 Å². The van der Waals surface area contributed by atoms with Crippen LogP contribution < -0.4 is 10.1 Å². The van der Waals surface area contributed by atoms with Crippen LogP contribution in [0, 0.1) is 5.92 Å². The SMILES string of the molecule is CNCC1CCCN(C(=O)CCc2cc(Br)ccc2OC)C1.Cl. The Balaban J connectivity index is 0.00000264. The number of carbonyl (C=O) groups is 1. The molecule has 2 rings (SSSR count). The van der Waals surface area contributed by atoms with Crippen molar-refractivity contribution < 1.29 is 9.53 Å². The van der Waals surface area contributed by atoms with E-state index < -0.39 is 0 Å². The lowest BCUT2D eigenvalue weighted by Crippen LogP contribution is -2.42. The van der Waals surface area contributed by atoms with Gasteiger partial charge < -0.3 is 15.0 Å². The molecule has 4 nitrogen and oxygen atoms in total. The number of rotatable bonds is 6. The fraction of sp³-hybridized carbons (Fsp3) is 0.588. The highest BCUT2D eigenvalue weighted by molar-refractivity contribution is 9.10. The molecule has 1 aromatic rings. The van der Waals surface area contributed by atoms with Gasteiger partial charge in [-0.05, 0) is 62.5 Å². The number of ether oxygens (including phenoxy) is 1. The van der Waals surface area contributed by atoms with Crippen molar-refractivity contribution in [3.05, 3.63) is 28.2 Å². The Hall–Kier alpha value is -0.780. The van der Waals surface area contributed by atoms with Crippen molar-refractivity contribution in [2.45, 2.75) is 25.7 Å². The number of aryl methyl sites for hydroxylation is 1. The van der Waals surface area contributed by atoms with E-state index in [1.54, 1.807) is 7.11 Å². The van der Waals surface area contributed by atoms with Crippen molar-refractivity contribution in [1.82, 2.24) is 10.2 Å². The Morgan fingerprint density at radius 1 is 1.48 bits per heavy atom. The Bertz CT molecular complexity index is 511. The number of hydrogen-bond acceptors (Lipinski definition) is 3. The molecule has 1 unspecified atom stereocenters. The summed E-state index contributed by atoms with van der Waals surface area (Å²) in [6.45, 7) is 2.77. The smallest absolute Gasteiger partial charge is 0.222 e. The second-order valence-electron chi connectivity index (χ2n) is 5.86. The van der Waals surface area contributed by atoms with Gasteiger partial charge in [0, 0.05) is 24.0 Å². The van der Waals surface area contributed by atoms with Crippen LogP contribution in [-0.4, -0.2) is 44.6 Å². The van der Waals surface area contributed by atoms with Gasteiger partial charge in [0.1, 0.15) is 5.75 Å². The molecule has 1 amide bonds. The lowest BCUT2D eigenvalue weighted by atomic mass is 9.97. The third kappa shape index (κ3) is 5.98. The van der Waals surface area contributed by atoms with Gasteiger partial charge in [-0.2, -0.15) is 0 Å². The predicted octanol–water partition coefficient (Wildman–Crippen LogP) is 3.27. The van der Waals surface area contributed by atoms with Crippen LogP contribution in [-0.2, 0) is 11.2 Å². The summed E-state index contributed by atoms with van der Waals surface area (Å²) in [5.41, 5.74) is 1.08. The minimum absolute atomic E-state index is 0. The molecule has 0 bridgehead atoms. The lowest BCUT2D eigenvalue weighted by molar-refractivity contribution is -0.132. The van der Waals surface area contributed by atoms with Gasteiger partial charge in [-0.1, -0.05) is 15.9 Å². The molecule has 23 heavy (non-hydrogen) atoms. The van der Waals surface area contributed by atoms with E-state index in [0.29, 0.717) is 18.8 Å². The molecule has 0 radical (unpaired) electrons. The summed E-state index contributed by atoms with van der Waals surface area (Å²) in [6.07, 6.45) is 3.58. The molecule has 1 N–H and O–H groups in total. The van der Waals surface area contributed by atoms with Crippen LogP contribution in [0.2, 0.25) is 0 Å². The van der Waals surface area contributed by atoms with E-state index >= 15 is 0 Å². The third-order valence-corrected chi connectivity index (χ3v) is 4.71. The van der Waals surface area contributed by atoms with Gasteiger partial charge in [0.15, 0.2) is 0 Å². The quantitative estimate of drug-likeness (QED) is 0.790. The zero-order chi connectivity index (χ0) is 15.9. The van der Waals surface area contributed by atoms with Crippen molar-refractivity contribution in [3.8, 4) is 5.75 Å². The summed E-state index contributed by atoms with van der Waals surface area (Å²) in [5.74, 6) is 1.69. The molecule has 0 aromatic heterocycles. The van der Waals surface area contributed by atoms with Crippen molar-refractivity contribution >= 4 is 34.2 Å². The number of hydrogen-bond donors (Lipinski definition) is 1. The van der Waals surface area contributed by atoms with Crippen LogP contribution in [0.4, 0.5) is 0 Å². The zero-order valence-corrected chi connectivity index (χ0v) is 16.2. The highest BCUT2D eigenvalue weighted by atomic mass is 79.9. The lowest BCUT2D eigenvalue weighted by Gasteiger charge is -2.32. The number of nitrogens with zero attached hydrogens (tertiary/aromatic N) is 1. The first-order chi connectivity index (χ1) is 10.6. The first-order valence-electron chi connectivity index (χ1n) is 7.88. The molecule has 1 fully saturated rings. The van der Waals surface area contributed by atoms with Gasteiger partial charge in [-0.15, -0.1) is 12.4 Å². The fourth-order valence-electron chi connectivity index (χ4n) is 3.09. The molecular weight excluding hydrogens is 380 g/mol. The van der Waals surface area contributed by atoms with E-state index in [2.05, 4.69) is 21.2 Å². The first kappa shape index (κ1) is 20.3. The molecule has 1 heterocycles. The molecule has 0 spiro atoms. The molecule has 1 saturated heterocycles. The zero-order valence-electron chi connectivity index (χ0n) is 13.8. The number of piperidine rings is 1. The fourth-order valence-corrected chi connectivity index (χ4v) is 3.50. The maximum atomic E-state index is 12.5. The van der Waals surface area contributed by atoms with E-state index in [-0.39, 0.29) is 18.3 Å². The largest absolute Gasteiger partial charge is 0.496 e. The van der Waals surface area contributed by atoms with Crippen LogP contribution in [0.3, 0.4) is 0 Å².